The van der Waals surface area contributed by atoms with Gasteiger partial charge >= 0.3 is 0 Å². The first-order chi connectivity index (χ1) is 6.93. The molecule has 0 spiro atoms. The SMILES string of the molecule is CC(C)(NCc1ccncc1Cl)C(N)=O. The average Bonchev–Trinajstić information content (AvgIpc) is 2.16. The van der Waals surface area contributed by atoms with Crippen LogP contribution in [-0.2, 0) is 11.3 Å². The molecule has 0 aliphatic carbocycles. The summed E-state index contributed by atoms with van der Waals surface area (Å²) < 4.78 is 0. The number of nitrogens with one attached hydrogen (secondary N) is 1. The summed E-state index contributed by atoms with van der Waals surface area (Å²) in [6.07, 6.45) is 3.22. The molecule has 0 atom stereocenters. The zero-order chi connectivity index (χ0) is 11.5. The van der Waals surface area contributed by atoms with Gasteiger partial charge < -0.3 is 5.73 Å². The Kier molecular flexibility index (Phi) is 3.66. The molecule has 4 nitrogen and oxygen atoms in total. The molecule has 0 aromatic carbocycles. The summed E-state index contributed by atoms with van der Waals surface area (Å²) in [6, 6.07) is 1.80. The van der Waals surface area contributed by atoms with Crippen LogP contribution in [0.4, 0.5) is 0 Å². The lowest BCUT2D eigenvalue weighted by Gasteiger charge is -2.22. The zero-order valence-electron chi connectivity index (χ0n) is 8.75. The van der Waals surface area contributed by atoms with Crippen molar-refractivity contribution in [3.05, 3.63) is 29.0 Å². The number of halogens is 1. The lowest BCUT2D eigenvalue weighted by molar-refractivity contribution is -0.123. The van der Waals surface area contributed by atoms with E-state index in [1.165, 1.54) is 0 Å². The number of carbonyl (C=O) groups excluding carboxylic acids is 1. The van der Waals surface area contributed by atoms with Crippen LogP contribution in [0.25, 0.3) is 0 Å². The molecule has 5 heteroatoms. The highest BCUT2D eigenvalue weighted by atomic mass is 35.5. The Hall–Kier alpha value is -1.13. The summed E-state index contributed by atoms with van der Waals surface area (Å²) in [5.41, 5.74) is 5.37. The van der Waals surface area contributed by atoms with Gasteiger partial charge in [-0.2, -0.15) is 0 Å². The van der Waals surface area contributed by atoms with Gasteiger partial charge in [-0.15, -0.1) is 0 Å². The third kappa shape index (κ3) is 3.18. The van der Waals surface area contributed by atoms with E-state index in [0.29, 0.717) is 11.6 Å². The van der Waals surface area contributed by atoms with Gasteiger partial charge in [0.2, 0.25) is 5.91 Å². The molecule has 0 fully saturated rings. The number of hydrogen-bond acceptors (Lipinski definition) is 3. The fourth-order valence-corrected chi connectivity index (χ4v) is 1.14. The van der Waals surface area contributed by atoms with Gasteiger partial charge in [0.05, 0.1) is 10.6 Å². The number of primary amides is 1. The van der Waals surface area contributed by atoms with Crippen molar-refractivity contribution in [1.29, 1.82) is 0 Å². The van der Waals surface area contributed by atoms with Crippen LogP contribution < -0.4 is 11.1 Å². The van der Waals surface area contributed by atoms with Crippen molar-refractivity contribution in [3.8, 4) is 0 Å². The van der Waals surface area contributed by atoms with Crippen LogP contribution in [0.5, 0.6) is 0 Å². The van der Waals surface area contributed by atoms with Gasteiger partial charge in [-0.3, -0.25) is 15.1 Å². The molecule has 0 aliphatic heterocycles. The smallest absolute Gasteiger partial charge is 0.237 e. The van der Waals surface area contributed by atoms with Crippen molar-refractivity contribution < 1.29 is 4.79 Å². The highest BCUT2D eigenvalue weighted by Gasteiger charge is 2.23. The van der Waals surface area contributed by atoms with E-state index in [2.05, 4.69) is 10.3 Å². The van der Waals surface area contributed by atoms with Crippen molar-refractivity contribution in [3.63, 3.8) is 0 Å². The largest absolute Gasteiger partial charge is 0.368 e. The average molecular weight is 228 g/mol. The van der Waals surface area contributed by atoms with E-state index in [1.807, 2.05) is 0 Å². The Bertz CT molecular complexity index is 365. The fraction of sp³-hybridized carbons (Fsp3) is 0.400. The minimum Gasteiger partial charge on any atom is -0.368 e. The first-order valence-corrected chi connectivity index (χ1v) is 4.94. The van der Waals surface area contributed by atoms with Crippen LogP contribution in [0, 0.1) is 0 Å². The van der Waals surface area contributed by atoms with Crippen molar-refractivity contribution in [2.45, 2.75) is 25.9 Å². The first-order valence-electron chi connectivity index (χ1n) is 4.57. The zero-order valence-corrected chi connectivity index (χ0v) is 9.51. The van der Waals surface area contributed by atoms with Crippen molar-refractivity contribution >= 4 is 17.5 Å². The molecule has 1 aromatic heterocycles. The Morgan fingerprint density at radius 3 is 2.87 bits per heavy atom. The lowest BCUT2D eigenvalue weighted by Crippen LogP contribution is -2.50. The first kappa shape index (κ1) is 11.9. The second kappa shape index (κ2) is 4.59. The monoisotopic (exact) mass is 227 g/mol. The Morgan fingerprint density at radius 2 is 2.33 bits per heavy atom. The molecule has 0 radical (unpaired) electrons. The Balaban J connectivity index is 2.66. The van der Waals surface area contributed by atoms with Crippen molar-refractivity contribution in [2.75, 3.05) is 0 Å². The van der Waals surface area contributed by atoms with E-state index in [4.69, 9.17) is 17.3 Å². The van der Waals surface area contributed by atoms with Gasteiger partial charge in [-0.05, 0) is 25.5 Å². The van der Waals surface area contributed by atoms with Crippen LogP contribution in [-0.4, -0.2) is 16.4 Å². The molecule has 1 heterocycles. The van der Waals surface area contributed by atoms with Gasteiger partial charge in [-0.25, -0.2) is 0 Å². The molecule has 0 saturated heterocycles. The topological polar surface area (TPSA) is 68.0 Å². The summed E-state index contributed by atoms with van der Waals surface area (Å²) in [6.45, 7) is 3.94. The quantitative estimate of drug-likeness (QED) is 0.809. The van der Waals surface area contributed by atoms with E-state index in [1.54, 1.807) is 32.3 Å². The van der Waals surface area contributed by atoms with Gasteiger partial charge in [-0.1, -0.05) is 11.6 Å². The van der Waals surface area contributed by atoms with E-state index >= 15 is 0 Å². The molecule has 1 rings (SSSR count). The molecule has 1 amide bonds. The molecule has 0 bridgehead atoms. The molecular formula is C10H14ClN3O. The number of pyridine rings is 1. The van der Waals surface area contributed by atoms with E-state index in [9.17, 15) is 4.79 Å². The minimum atomic E-state index is -0.743. The molecule has 3 N–H and O–H groups in total. The highest BCUT2D eigenvalue weighted by Crippen LogP contribution is 2.14. The number of nitrogens with zero attached hydrogens (tertiary/aromatic N) is 1. The Labute approximate surface area is 93.8 Å². The maximum atomic E-state index is 11.0. The van der Waals surface area contributed by atoms with Gasteiger partial charge in [0.15, 0.2) is 0 Å². The minimum absolute atomic E-state index is 0.396. The van der Waals surface area contributed by atoms with Gasteiger partial charge in [0, 0.05) is 18.9 Å². The molecule has 0 unspecified atom stereocenters. The third-order valence-electron chi connectivity index (χ3n) is 2.19. The van der Waals surface area contributed by atoms with Gasteiger partial charge in [0.25, 0.3) is 0 Å². The summed E-state index contributed by atoms with van der Waals surface area (Å²) in [7, 11) is 0. The second-order valence-corrected chi connectivity index (χ2v) is 4.22. The summed E-state index contributed by atoms with van der Waals surface area (Å²) in [5.74, 6) is -0.396. The molecule has 0 saturated carbocycles. The predicted octanol–water partition coefficient (Wildman–Crippen LogP) is 1.09. The van der Waals surface area contributed by atoms with E-state index in [-0.39, 0.29) is 0 Å². The number of hydrogen-bond donors (Lipinski definition) is 2. The molecule has 1 aromatic rings. The maximum absolute atomic E-state index is 11.0. The summed E-state index contributed by atoms with van der Waals surface area (Å²) >= 11 is 5.91. The van der Waals surface area contributed by atoms with Crippen molar-refractivity contribution in [2.24, 2.45) is 5.73 Å². The fourth-order valence-electron chi connectivity index (χ4n) is 0.951. The second-order valence-electron chi connectivity index (χ2n) is 3.81. The maximum Gasteiger partial charge on any atom is 0.237 e. The summed E-state index contributed by atoms with van der Waals surface area (Å²) in [5, 5.41) is 3.60. The van der Waals surface area contributed by atoms with Crippen LogP contribution >= 0.6 is 11.6 Å². The standard InChI is InChI=1S/C10H14ClN3O/c1-10(2,9(12)15)14-5-7-3-4-13-6-8(7)11/h3-4,6,14H,5H2,1-2H3,(H2,12,15). The van der Waals surface area contributed by atoms with Crippen molar-refractivity contribution in [1.82, 2.24) is 10.3 Å². The molecule has 15 heavy (non-hydrogen) atoms. The number of aromatic nitrogens is 1. The normalized spacial score (nSPS) is 11.4. The van der Waals surface area contributed by atoms with E-state index < -0.39 is 11.4 Å². The van der Waals surface area contributed by atoms with E-state index in [0.717, 1.165) is 5.56 Å². The van der Waals surface area contributed by atoms with Crippen LogP contribution in [0.1, 0.15) is 19.4 Å². The van der Waals surface area contributed by atoms with Gasteiger partial charge in [0.1, 0.15) is 0 Å². The summed E-state index contributed by atoms with van der Waals surface area (Å²) in [4.78, 5) is 14.9. The third-order valence-corrected chi connectivity index (χ3v) is 2.53. The molecule has 82 valence electrons. The number of amides is 1. The molecular weight excluding hydrogens is 214 g/mol. The Morgan fingerprint density at radius 1 is 1.67 bits per heavy atom. The van der Waals surface area contributed by atoms with Crippen LogP contribution in [0.3, 0.4) is 0 Å². The van der Waals surface area contributed by atoms with Crippen LogP contribution in [0.2, 0.25) is 5.02 Å². The number of carbonyl (C=O) groups is 1. The predicted molar refractivity (Wildman–Crippen MR) is 59.4 cm³/mol. The lowest BCUT2D eigenvalue weighted by atomic mass is 10.0. The van der Waals surface area contributed by atoms with Crippen LogP contribution in [0.15, 0.2) is 18.5 Å². The number of nitrogens with two attached hydrogens (primary N) is 1. The molecule has 0 aliphatic rings. The highest BCUT2D eigenvalue weighted by molar-refractivity contribution is 6.31. The number of rotatable bonds is 4.